The number of likely N-dealkylation sites (N-methyl/N-ethyl adjacent to an activating group) is 1. The maximum Gasteiger partial charge on any atom is 0.242 e. The molecular weight excluding hydrogens is 404 g/mol. The van der Waals surface area contributed by atoms with E-state index in [-0.39, 0.29) is 12.5 Å². The lowest BCUT2D eigenvalue weighted by atomic mass is 10.2. The number of amides is 1. The molecule has 3 rings (SSSR count). The van der Waals surface area contributed by atoms with Crippen molar-refractivity contribution in [1.82, 2.24) is 19.4 Å². The summed E-state index contributed by atoms with van der Waals surface area (Å²) in [6, 6.07) is 15.7. The van der Waals surface area contributed by atoms with E-state index >= 15 is 0 Å². The van der Waals surface area contributed by atoms with Gasteiger partial charge in [0.05, 0.1) is 16.8 Å². The number of aromatic nitrogens is 2. The fourth-order valence-corrected chi connectivity index (χ4v) is 3.94. The fraction of sp³-hybridized carbons (Fsp3) is 0.364. The van der Waals surface area contributed by atoms with Crippen LogP contribution in [0.25, 0.3) is 11.0 Å². The van der Waals surface area contributed by atoms with Crippen LogP contribution in [0, 0.1) is 0 Å². The van der Waals surface area contributed by atoms with Crippen LogP contribution in [-0.4, -0.2) is 58.7 Å². The smallest absolute Gasteiger partial charge is 0.242 e. The summed E-state index contributed by atoms with van der Waals surface area (Å²) in [5.74, 6) is 1.79. The summed E-state index contributed by atoms with van der Waals surface area (Å²) in [5.41, 5.74) is 2.96. The van der Waals surface area contributed by atoms with E-state index in [1.165, 1.54) is 0 Å². The molecule has 0 fully saturated rings. The van der Waals surface area contributed by atoms with E-state index in [0.29, 0.717) is 18.1 Å². The highest BCUT2D eigenvalue weighted by molar-refractivity contribution is 7.97. The molecule has 0 unspecified atom stereocenters. The minimum atomic E-state index is 0.0809. The first-order chi connectivity index (χ1) is 14.0. The normalized spacial score (nSPS) is 11.3. The highest BCUT2D eigenvalue weighted by atomic mass is 35.5. The summed E-state index contributed by atoms with van der Waals surface area (Å²) in [5, 5.41) is 0.686. The Morgan fingerprint density at radius 3 is 2.66 bits per heavy atom. The molecule has 0 saturated carbocycles. The second-order valence-electron chi connectivity index (χ2n) is 7.28. The molecule has 0 saturated heterocycles. The fourth-order valence-electron chi connectivity index (χ4n) is 3.24. The van der Waals surface area contributed by atoms with Gasteiger partial charge in [-0.2, -0.15) is 11.8 Å². The number of carbonyl (C=O) groups excluding carboxylic acids is 1. The first-order valence-electron chi connectivity index (χ1n) is 9.58. The lowest BCUT2D eigenvalue weighted by Crippen LogP contribution is -2.38. The predicted octanol–water partition coefficient (Wildman–Crippen LogP) is 4.14. The molecule has 29 heavy (non-hydrogen) atoms. The van der Waals surface area contributed by atoms with Gasteiger partial charge in [0.25, 0.3) is 0 Å². The zero-order valence-corrected chi connectivity index (χ0v) is 18.7. The van der Waals surface area contributed by atoms with Gasteiger partial charge in [-0.15, -0.1) is 0 Å². The molecule has 1 heterocycles. The monoisotopic (exact) mass is 430 g/mol. The van der Waals surface area contributed by atoms with Crippen molar-refractivity contribution in [2.75, 3.05) is 33.4 Å². The standard InChI is InChI=1S/C22H27ClN4OS/c1-25(2)11-12-26(14-17-7-6-8-18(23)13-17)22(28)15-27-20-10-5-4-9-19(20)24-21(27)16-29-3/h4-10,13H,11-12,14-16H2,1-3H3. The highest BCUT2D eigenvalue weighted by Crippen LogP contribution is 2.20. The minimum absolute atomic E-state index is 0.0809. The van der Waals surface area contributed by atoms with E-state index < -0.39 is 0 Å². The topological polar surface area (TPSA) is 41.4 Å². The van der Waals surface area contributed by atoms with Crippen molar-refractivity contribution >= 4 is 40.3 Å². The number of hydrogen-bond acceptors (Lipinski definition) is 4. The quantitative estimate of drug-likeness (QED) is 0.511. The van der Waals surface area contributed by atoms with Crippen molar-refractivity contribution in [2.45, 2.75) is 18.8 Å². The predicted molar refractivity (Wildman–Crippen MR) is 122 cm³/mol. The van der Waals surface area contributed by atoms with Gasteiger partial charge in [0.1, 0.15) is 12.4 Å². The maximum absolute atomic E-state index is 13.3. The second kappa shape index (κ2) is 10.1. The second-order valence-corrected chi connectivity index (χ2v) is 8.59. The molecule has 5 nitrogen and oxygen atoms in total. The maximum atomic E-state index is 13.3. The third-order valence-corrected chi connectivity index (χ3v) is 5.51. The van der Waals surface area contributed by atoms with Crippen molar-refractivity contribution in [1.29, 1.82) is 0 Å². The molecular formula is C22H27ClN4OS. The number of rotatable bonds is 9. The molecule has 3 aromatic rings. The zero-order chi connectivity index (χ0) is 20.8. The van der Waals surface area contributed by atoms with Crippen LogP contribution in [0.3, 0.4) is 0 Å². The number of benzene rings is 2. The van der Waals surface area contributed by atoms with Gasteiger partial charge in [-0.1, -0.05) is 35.9 Å². The van der Waals surface area contributed by atoms with Crippen LogP contribution in [0.4, 0.5) is 0 Å². The Morgan fingerprint density at radius 1 is 1.14 bits per heavy atom. The van der Waals surface area contributed by atoms with Gasteiger partial charge in [-0.05, 0) is 50.2 Å². The Labute approximate surface area is 181 Å². The molecule has 2 aromatic carbocycles. The number of nitrogens with zero attached hydrogens (tertiary/aromatic N) is 4. The summed E-state index contributed by atoms with van der Waals surface area (Å²) in [6.45, 7) is 2.28. The summed E-state index contributed by atoms with van der Waals surface area (Å²) >= 11 is 7.85. The molecule has 0 aliphatic carbocycles. The van der Waals surface area contributed by atoms with Crippen LogP contribution < -0.4 is 0 Å². The molecule has 1 amide bonds. The number of carbonyl (C=O) groups is 1. The molecule has 0 N–H and O–H groups in total. The Hall–Kier alpha value is -2.02. The van der Waals surface area contributed by atoms with Gasteiger partial charge in [0.15, 0.2) is 0 Å². The SMILES string of the molecule is CSCc1nc2ccccc2n1CC(=O)N(CCN(C)C)Cc1cccc(Cl)c1. The average molecular weight is 431 g/mol. The molecule has 0 atom stereocenters. The highest BCUT2D eigenvalue weighted by Gasteiger charge is 2.19. The van der Waals surface area contributed by atoms with Gasteiger partial charge in [-0.25, -0.2) is 4.98 Å². The van der Waals surface area contributed by atoms with E-state index in [2.05, 4.69) is 9.47 Å². The van der Waals surface area contributed by atoms with Crippen molar-refractivity contribution in [3.05, 3.63) is 64.9 Å². The molecule has 7 heteroatoms. The Bertz CT molecular complexity index is 972. The van der Waals surface area contributed by atoms with E-state index in [9.17, 15) is 4.79 Å². The third-order valence-electron chi connectivity index (χ3n) is 4.73. The number of fused-ring (bicyclic) bond motifs is 1. The van der Waals surface area contributed by atoms with E-state index in [1.807, 2.05) is 73.8 Å². The van der Waals surface area contributed by atoms with E-state index in [0.717, 1.165) is 34.7 Å². The van der Waals surface area contributed by atoms with Crippen molar-refractivity contribution in [2.24, 2.45) is 0 Å². The Morgan fingerprint density at radius 2 is 1.93 bits per heavy atom. The minimum Gasteiger partial charge on any atom is -0.336 e. The third kappa shape index (κ3) is 5.75. The lowest BCUT2D eigenvalue weighted by Gasteiger charge is -2.25. The van der Waals surface area contributed by atoms with Crippen molar-refractivity contribution in [3.63, 3.8) is 0 Å². The van der Waals surface area contributed by atoms with Crippen LogP contribution in [0.5, 0.6) is 0 Å². The molecule has 1 aromatic heterocycles. The Kier molecular flexibility index (Phi) is 7.58. The van der Waals surface area contributed by atoms with E-state index in [1.54, 1.807) is 11.8 Å². The molecule has 0 bridgehead atoms. The van der Waals surface area contributed by atoms with Gasteiger partial charge < -0.3 is 14.4 Å². The van der Waals surface area contributed by atoms with Crippen molar-refractivity contribution in [3.8, 4) is 0 Å². The van der Waals surface area contributed by atoms with Crippen LogP contribution in [-0.2, 0) is 23.6 Å². The summed E-state index contributed by atoms with van der Waals surface area (Å²) in [6.07, 6.45) is 2.05. The number of hydrogen-bond donors (Lipinski definition) is 0. The summed E-state index contributed by atoms with van der Waals surface area (Å²) in [4.78, 5) is 22.1. The molecule has 0 spiro atoms. The largest absolute Gasteiger partial charge is 0.336 e. The molecule has 154 valence electrons. The zero-order valence-electron chi connectivity index (χ0n) is 17.1. The molecule has 0 radical (unpaired) electrons. The number of halogens is 1. The van der Waals surface area contributed by atoms with Gasteiger partial charge in [0.2, 0.25) is 5.91 Å². The average Bonchev–Trinajstić information content (AvgIpc) is 3.02. The van der Waals surface area contributed by atoms with Gasteiger partial charge >= 0.3 is 0 Å². The molecule has 0 aliphatic heterocycles. The van der Waals surface area contributed by atoms with E-state index in [4.69, 9.17) is 16.6 Å². The Balaban J connectivity index is 1.85. The molecule has 0 aliphatic rings. The van der Waals surface area contributed by atoms with Crippen LogP contribution >= 0.6 is 23.4 Å². The first-order valence-corrected chi connectivity index (χ1v) is 11.3. The number of imidazole rings is 1. The summed E-state index contributed by atoms with van der Waals surface area (Å²) in [7, 11) is 4.03. The van der Waals surface area contributed by atoms with Crippen LogP contribution in [0.1, 0.15) is 11.4 Å². The summed E-state index contributed by atoms with van der Waals surface area (Å²) < 4.78 is 2.05. The number of thioether (sulfide) groups is 1. The first kappa shape index (κ1) is 21.7. The lowest BCUT2D eigenvalue weighted by molar-refractivity contribution is -0.132. The van der Waals surface area contributed by atoms with Crippen LogP contribution in [0.2, 0.25) is 5.02 Å². The van der Waals surface area contributed by atoms with Gasteiger partial charge in [0, 0.05) is 24.7 Å². The van der Waals surface area contributed by atoms with Crippen molar-refractivity contribution < 1.29 is 4.79 Å². The van der Waals surface area contributed by atoms with Gasteiger partial charge in [-0.3, -0.25) is 4.79 Å². The number of para-hydroxylation sites is 2. The van der Waals surface area contributed by atoms with Crippen LogP contribution in [0.15, 0.2) is 48.5 Å².